The van der Waals surface area contributed by atoms with Crippen LogP contribution < -0.4 is 0 Å². The second-order valence-corrected chi connectivity index (χ2v) is 4.47. The molecule has 1 aliphatic rings. The van der Waals surface area contributed by atoms with Crippen molar-refractivity contribution in [2.75, 3.05) is 12.9 Å². The van der Waals surface area contributed by atoms with Gasteiger partial charge in [0.2, 0.25) is 0 Å². The van der Waals surface area contributed by atoms with Crippen molar-refractivity contribution in [3.63, 3.8) is 0 Å². The van der Waals surface area contributed by atoms with Gasteiger partial charge < -0.3 is 4.74 Å². The number of aromatic nitrogens is 4. The lowest BCUT2D eigenvalue weighted by atomic mass is 10.3. The van der Waals surface area contributed by atoms with Gasteiger partial charge >= 0.3 is 0 Å². The molecule has 2 aromatic heterocycles. The molecule has 6 heteroatoms. The summed E-state index contributed by atoms with van der Waals surface area (Å²) in [5, 5.41) is 0.918. The average molecular weight is 236 g/mol. The molecule has 1 fully saturated rings. The predicted octanol–water partition coefficient (Wildman–Crippen LogP) is 1.86. The average Bonchev–Trinajstić information content (AvgIpc) is 2.96. The number of nitrogens with zero attached hydrogens (tertiary/aromatic N) is 4. The third kappa shape index (κ3) is 1.49. The van der Waals surface area contributed by atoms with Gasteiger partial charge in [-0.1, -0.05) is 0 Å². The Labute approximate surface area is 97.2 Å². The molecule has 0 N–H and O–H groups in total. The normalized spacial score (nSPS) is 20.7. The molecule has 5 nitrogen and oxygen atoms in total. The lowest BCUT2D eigenvalue weighted by Crippen LogP contribution is -2.06. The molecule has 0 amide bonds. The molecule has 16 heavy (non-hydrogen) atoms. The molecule has 0 aromatic carbocycles. The van der Waals surface area contributed by atoms with E-state index in [1.54, 1.807) is 24.4 Å². The van der Waals surface area contributed by atoms with E-state index in [0.717, 1.165) is 35.6 Å². The van der Waals surface area contributed by atoms with Crippen molar-refractivity contribution in [3.8, 4) is 0 Å². The van der Waals surface area contributed by atoms with E-state index in [1.165, 1.54) is 0 Å². The molecule has 1 saturated heterocycles. The summed E-state index contributed by atoms with van der Waals surface area (Å²) in [5.74, 6) is 0. The van der Waals surface area contributed by atoms with Crippen LogP contribution in [-0.2, 0) is 4.74 Å². The molecule has 0 saturated carbocycles. The lowest BCUT2D eigenvalue weighted by molar-refractivity contribution is 0.0593. The van der Waals surface area contributed by atoms with Gasteiger partial charge in [0.05, 0.1) is 6.33 Å². The molecule has 2 aromatic rings. The molecule has 0 aliphatic carbocycles. The van der Waals surface area contributed by atoms with E-state index >= 15 is 0 Å². The van der Waals surface area contributed by atoms with Gasteiger partial charge in [-0.15, -0.1) is 11.8 Å². The summed E-state index contributed by atoms with van der Waals surface area (Å²) in [5.41, 5.74) is 1.73. The molecule has 1 aliphatic heterocycles. The van der Waals surface area contributed by atoms with Crippen molar-refractivity contribution >= 4 is 22.9 Å². The second-order valence-electron chi connectivity index (χ2n) is 3.67. The number of hydrogen-bond donors (Lipinski definition) is 0. The molecule has 0 unspecified atom stereocenters. The summed E-state index contributed by atoms with van der Waals surface area (Å²) in [7, 11) is 0. The minimum atomic E-state index is 0.0922. The summed E-state index contributed by atoms with van der Waals surface area (Å²) < 4.78 is 7.64. The summed E-state index contributed by atoms with van der Waals surface area (Å²) >= 11 is 1.59. The van der Waals surface area contributed by atoms with Crippen LogP contribution >= 0.6 is 11.8 Å². The van der Waals surface area contributed by atoms with Crippen molar-refractivity contribution in [3.05, 3.63) is 12.7 Å². The number of hydrogen-bond acceptors (Lipinski definition) is 5. The standard InChI is InChI=1S/C10H12N4OS/c1-16-10-8-9(11-5-12-10)14(6-13-8)7-3-2-4-15-7/h5-7H,2-4H2,1H3/t7-/m0/s1. The van der Waals surface area contributed by atoms with Crippen molar-refractivity contribution < 1.29 is 4.74 Å². The minimum Gasteiger partial charge on any atom is -0.358 e. The van der Waals surface area contributed by atoms with Crippen LogP contribution in [0.1, 0.15) is 19.1 Å². The Balaban J connectivity index is 2.12. The molecule has 3 heterocycles. The smallest absolute Gasteiger partial charge is 0.166 e. The number of rotatable bonds is 2. The van der Waals surface area contributed by atoms with E-state index < -0.39 is 0 Å². The largest absolute Gasteiger partial charge is 0.358 e. The highest BCUT2D eigenvalue weighted by Crippen LogP contribution is 2.28. The van der Waals surface area contributed by atoms with Gasteiger partial charge in [-0.3, -0.25) is 4.57 Å². The van der Waals surface area contributed by atoms with Crippen molar-refractivity contribution in [2.45, 2.75) is 24.1 Å². The number of fused-ring (bicyclic) bond motifs is 1. The van der Waals surface area contributed by atoms with Gasteiger partial charge in [0, 0.05) is 6.61 Å². The molecule has 0 radical (unpaired) electrons. The Bertz CT molecular complexity index is 506. The number of thioether (sulfide) groups is 1. The Hall–Kier alpha value is -1.14. The van der Waals surface area contributed by atoms with Crippen LogP contribution in [0.5, 0.6) is 0 Å². The zero-order valence-electron chi connectivity index (χ0n) is 8.96. The Morgan fingerprint density at radius 3 is 3.12 bits per heavy atom. The van der Waals surface area contributed by atoms with Crippen LogP contribution in [0.4, 0.5) is 0 Å². The van der Waals surface area contributed by atoms with E-state index in [-0.39, 0.29) is 6.23 Å². The SMILES string of the molecule is CSc1ncnc2c1ncn2[C@@H]1CCCO1. The first-order valence-electron chi connectivity index (χ1n) is 5.23. The number of ether oxygens (including phenoxy) is 1. The molecule has 3 rings (SSSR count). The Morgan fingerprint density at radius 1 is 1.44 bits per heavy atom. The van der Waals surface area contributed by atoms with Crippen LogP contribution in [0.25, 0.3) is 11.2 Å². The fourth-order valence-electron chi connectivity index (χ4n) is 1.97. The summed E-state index contributed by atoms with van der Waals surface area (Å²) in [4.78, 5) is 12.9. The zero-order chi connectivity index (χ0) is 11.0. The third-order valence-electron chi connectivity index (χ3n) is 2.73. The first-order valence-corrected chi connectivity index (χ1v) is 6.46. The van der Waals surface area contributed by atoms with Gasteiger partial charge in [-0.25, -0.2) is 15.0 Å². The first kappa shape index (κ1) is 10.0. The van der Waals surface area contributed by atoms with Gasteiger partial charge in [-0.05, 0) is 19.1 Å². The van der Waals surface area contributed by atoms with Crippen LogP contribution in [0.15, 0.2) is 17.7 Å². The van der Waals surface area contributed by atoms with Crippen LogP contribution in [0.2, 0.25) is 0 Å². The highest BCUT2D eigenvalue weighted by atomic mass is 32.2. The summed E-state index contributed by atoms with van der Waals surface area (Å²) in [6.07, 6.45) is 7.60. The van der Waals surface area contributed by atoms with Gasteiger partial charge in [0.25, 0.3) is 0 Å². The maximum absolute atomic E-state index is 5.63. The topological polar surface area (TPSA) is 52.8 Å². The predicted molar refractivity (Wildman–Crippen MR) is 61.3 cm³/mol. The quantitative estimate of drug-likeness (QED) is 0.588. The number of imidazole rings is 1. The van der Waals surface area contributed by atoms with E-state index in [4.69, 9.17) is 4.74 Å². The van der Waals surface area contributed by atoms with Crippen molar-refractivity contribution in [2.24, 2.45) is 0 Å². The van der Waals surface area contributed by atoms with E-state index in [9.17, 15) is 0 Å². The Morgan fingerprint density at radius 2 is 2.38 bits per heavy atom. The zero-order valence-corrected chi connectivity index (χ0v) is 9.78. The maximum Gasteiger partial charge on any atom is 0.166 e. The minimum absolute atomic E-state index is 0.0922. The highest BCUT2D eigenvalue weighted by molar-refractivity contribution is 7.98. The molecular formula is C10H12N4OS. The molecule has 0 bridgehead atoms. The van der Waals surface area contributed by atoms with Gasteiger partial charge in [0.1, 0.15) is 23.1 Å². The lowest BCUT2D eigenvalue weighted by Gasteiger charge is -2.10. The highest BCUT2D eigenvalue weighted by Gasteiger charge is 2.20. The molecule has 0 spiro atoms. The van der Waals surface area contributed by atoms with E-state index in [2.05, 4.69) is 15.0 Å². The fourth-order valence-corrected chi connectivity index (χ4v) is 2.46. The summed E-state index contributed by atoms with van der Waals surface area (Å²) in [6.45, 7) is 0.824. The Kier molecular flexibility index (Phi) is 2.53. The van der Waals surface area contributed by atoms with Gasteiger partial charge in [0.15, 0.2) is 5.65 Å². The van der Waals surface area contributed by atoms with Crippen LogP contribution in [0, 0.1) is 0 Å². The van der Waals surface area contributed by atoms with Gasteiger partial charge in [-0.2, -0.15) is 0 Å². The molecule has 84 valence electrons. The van der Waals surface area contributed by atoms with E-state index in [0.29, 0.717) is 0 Å². The maximum atomic E-state index is 5.63. The summed E-state index contributed by atoms with van der Waals surface area (Å²) in [6, 6.07) is 0. The van der Waals surface area contributed by atoms with Crippen LogP contribution in [-0.4, -0.2) is 32.4 Å². The van der Waals surface area contributed by atoms with Crippen molar-refractivity contribution in [1.29, 1.82) is 0 Å². The third-order valence-corrected chi connectivity index (χ3v) is 3.42. The second kappa shape index (κ2) is 4.03. The molecular weight excluding hydrogens is 224 g/mol. The van der Waals surface area contributed by atoms with Crippen LogP contribution in [0.3, 0.4) is 0 Å². The first-order chi connectivity index (χ1) is 7.90. The van der Waals surface area contributed by atoms with Crippen molar-refractivity contribution in [1.82, 2.24) is 19.5 Å². The molecule has 1 atom stereocenters. The van der Waals surface area contributed by atoms with E-state index in [1.807, 2.05) is 10.8 Å². The monoisotopic (exact) mass is 236 g/mol. The fraction of sp³-hybridized carbons (Fsp3) is 0.500.